The van der Waals surface area contributed by atoms with Crippen LogP contribution < -0.4 is 4.74 Å². The molecule has 1 aliphatic rings. The number of hydrogen-bond donors (Lipinski definition) is 1. The van der Waals surface area contributed by atoms with Gasteiger partial charge in [0.1, 0.15) is 5.75 Å². The second-order valence-corrected chi connectivity index (χ2v) is 7.30. The zero-order chi connectivity index (χ0) is 20.4. The van der Waals surface area contributed by atoms with Crippen molar-refractivity contribution in [2.75, 3.05) is 7.11 Å². The van der Waals surface area contributed by atoms with Crippen molar-refractivity contribution >= 4 is 23.1 Å². The fourth-order valence-corrected chi connectivity index (χ4v) is 3.78. The molecule has 5 heteroatoms. The van der Waals surface area contributed by atoms with E-state index in [0.29, 0.717) is 22.9 Å². The first-order valence-electron chi connectivity index (χ1n) is 9.26. The summed E-state index contributed by atoms with van der Waals surface area (Å²) in [6, 6.07) is 24.1. The second-order valence-electron chi connectivity index (χ2n) is 6.86. The van der Waals surface area contributed by atoms with Crippen LogP contribution >= 0.6 is 11.6 Å². The molecule has 4 rings (SSSR count). The van der Waals surface area contributed by atoms with E-state index in [0.717, 1.165) is 16.7 Å². The molecule has 0 bridgehead atoms. The minimum Gasteiger partial charge on any atom is -0.503 e. The van der Waals surface area contributed by atoms with Gasteiger partial charge in [-0.2, -0.15) is 0 Å². The summed E-state index contributed by atoms with van der Waals surface area (Å²) in [6.07, 6.45) is 0. The number of aliphatic hydroxyl groups excluding tert-OH is 1. The maximum absolute atomic E-state index is 13.0. The highest BCUT2D eigenvalue weighted by Crippen LogP contribution is 2.43. The molecule has 0 unspecified atom stereocenters. The van der Waals surface area contributed by atoms with E-state index < -0.39 is 6.04 Å². The molecule has 0 radical (unpaired) electrons. The van der Waals surface area contributed by atoms with Crippen molar-refractivity contribution in [1.82, 2.24) is 4.90 Å². The van der Waals surface area contributed by atoms with E-state index in [9.17, 15) is 9.90 Å². The van der Waals surface area contributed by atoms with Gasteiger partial charge < -0.3 is 14.7 Å². The van der Waals surface area contributed by atoms with Crippen molar-refractivity contribution in [1.29, 1.82) is 0 Å². The lowest BCUT2D eigenvalue weighted by molar-refractivity contribution is -0.130. The topological polar surface area (TPSA) is 49.8 Å². The highest BCUT2D eigenvalue weighted by atomic mass is 35.5. The van der Waals surface area contributed by atoms with Crippen molar-refractivity contribution in [3.63, 3.8) is 0 Å². The van der Waals surface area contributed by atoms with E-state index in [1.165, 1.54) is 0 Å². The molecule has 3 aromatic carbocycles. The Bertz CT molecular complexity index is 1040. The van der Waals surface area contributed by atoms with Crippen LogP contribution in [0.4, 0.5) is 0 Å². The van der Waals surface area contributed by atoms with Crippen molar-refractivity contribution in [3.05, 3.63) is 106 Å². The molecule has 0 aliphatic carbocycles. The van der Waals surface area contributed by atoms with Crippen LogP contribution in [-0.4, -0.2) is 23.0 Å². The van der Waals surface area contributed by atoms with Crippen LogP contribution in [-0.2, 0) is 11.3 Å². The molecule has 1 aliphatic heterocycles. The van der Waals surface area contributed by atoms with Gasteiger partial charge in [0, 0.05) is 17.1 Å². The lowest BCUT2D eigenvalue weighted by atomic mass is 9.93. The van der Waals surface area contributed by atoms with Crippen LogP contribution in [0, 0.1) is 0 Å². The lowest BCUT2D eigenvalue weighted by Crippen LogP contribution is -2.29. The van der Waals surface area contributed by atoms with Gasteiger partial charge in [-0.15, -0.1) is 0 Å². The standard InChI is InChI=1S/C24H20ClNO3/c1-29-20-13-9-17(10-14-20)21-22(18-5-3-2-4-6-18)26(24(28)23(21)27)15-16-7-11-19(25)12-8-16/h2-14,22,27H,15H2,1H3/t22-/m1/s1. The van der Waals surface area contributed by atoms with Crippen LogP contribution in [0.5, 0.6) is 5.75 Å². The maximum atomic E-state index is 13.0. The summed E-state index contributed by atoms with van der Waals surface area (Å²) in [6.45, 7) is 0.360. The highest BCUT2D eigenvalue weighted by molar-refractivity contribution is 6.30. The Kier molecular flexibility index (Phi) is 5.28. The number of carbonyl (C=O) groups is 1. The first kappa shape index (κ1) is 19.1. The average Bonchev–Trinajstić information content (AvgIpc) is 3.01. The summed E-state index contributed by atoms with van der Waals surface area (Å²) in [5.41, 5.74) is 3.25. The Hall–Kier alpha value is -3.24. The normalized spacial score (nSPS) is 16.4. The van der Waals surface area contributed by atoms with Crippen LogP contribution in [0.1, 0.15) is 22.7 Å². The molecule has 1 amide bonds. The predicted octanol–water partition coefficient (Wildman–Crippen LogP) is 5.40. The molecule has 0 spiro atoms. The SMILES string of the molecule is COc1ccc(C2=C(O)C(=O)N(Cc3ccc(Cl)cc3)[C@@H]2c2ccccc2)cc1. The minimum atomic E-state index is -0.396. The molecule has 1 atom stereocenters. The first-order chi connectivity index (χ1) is 14.1. The zero-order valence-electron chi connectivity index (χ0n) is 15.9. The van der Waals surface area contributed by atoms with E-state index in [1.807, 2.05) is 66.7 Å². The summed E-state index contributed by atoms with van der Waals surface area (Å²) in [5, 5.41) is 11.4. The van der Waals surface area contributed by atoms with Crippen LogP contribution in [0.3, 0.4) is 0 Å². The van der Waals surface area contributed by atoms with Crippen LogP contribution in [0.2, 0.25) is 5.02 Å². The van der Waals surface area contributed by atoms with E-state index in [4.69, 9.17) is 16.3 Å². The molecule has 0 fully saturated rings. The molecule has 146 valence electrons. The van der Waals surface area contributed by atoms with Crippen molar-refractivity contribution in [2.45, 2.75) is 12.6 Å². The number of aliphatic hydroxyl groups is 1. The van der Waals surface area contributed by atoms with Gasteiger partial charge in [0.05, 0.1) is 13.2 Å². The molecule has 0 saturated heterocycles. The summed E-state index contributed by atoms with van der Waals surface area (Å²) in [4.78, 5) is 14.7. The van der Waals surface area contributed by atoms with Gasteiger partial charge >= 0.3 is 0 Å². The number of halogens is 1. The number of carbonyl (C=O) groups excluding carboxylic acids is 1. The smallest absolute Gasteiger partial charge is 0.290 e. The van der Waals surface area contributed by atoms with Crippen molar-refractivity contribution < 1.29 is 14.6 Å². The van der Waals surface area contributed by atoms with Gasteiger partial charge in [0.25, 0.3) is 5.91 Å². The third-order valence-corrected chi connectivity index (χ3v) is 5.34. The Morgan fingerprint density at radius 1 is 0.966 bits per heavy atom. The molecule has 1 N–H and O–H groups in total. The molecule has 3 aromatic rings. The van der Waals surface area contributed by atoms with Gasteiger partial charge in [0.15, 0.2) is 5.76 Å². The molecule has 4 nitrogen and oxygen atoms in total. The zero-order valence-corrected chi connectivity index (χ0v) is 16.6. The summed E-state index contributed by atoms with van der Waals surface area (Å²) < 4.78 is 5.23. The molecular formula is C24H20ClNO3. The maximum Gasteiger partial charge on any atom is 0.290 e. The van der Waals surface area contributed by atoms with Gasteiger partial charge in [-0.3, -0.25) is 4.79 Å². The monoisotopic (exact) mass is 405 g/mol. The van der Waals surface area contributed by atoms with Gasteiger partial charge in [-0.1, -0.05) is 66.2 Å². The summed E-state index contributed by atoms with van der Waals surface area (Å²) >= 11 is 5.99. The van der Waals surface area contributed by atoms with Crippen LogP contribution in [0.25, 0.3) is 5.57 Å². The quantitative estimate of drug-likeness (QED) is 0.618. The number of hydrogen-bond acceptors (Lipinski definition) is 3. The van der Waals surface area contributed by atoms with E-state index in [1.54, 1.807) is 24.1 Å². The fraction of sp³-hybridized carbons (Fsp3) is 0.125. The number of benzene rings is 3. The number of methoxy groups -OCH3 is 1. The summed E-state index contributed by atoms with van der Waals surface area (Å²) in [7, 11) is 1.60. The molecule has 0 saturated carbocycles. The van der Waals surface area contributed by atoms with Gasteiger partial charge in [0.2, 0.25) is 0 Å². The lowest BCUT2D eigenvalue weighted by Gasteiger charge is -2.27. The summed E-state index contributed by atoms with van der Waals surface area (Å²) in [5.74, 6) is 0.102. The largest absolute Gasteiger partial charge is 0.503 e. The Balaban J connectivity index is 1.78. The van der Waals surface area contributed by atoms with E-state index >= 15 is 0 Å². The van der Waals surface area contributed by atoms with Gasteiger partial charge in [-0.25, -0.2) is 0 Å². The number of rotatable bonds is 5. The third-order valence-electron chi connectivity index (χ3n) is 5.09. The van der Waals surface area contributed by atoms with E-state index in [-0.39, 0.29) is 11.7 Å². The Morgan fingerprint density at radius 2 is 1.62 bits per heavy atom. The number of amides is 1. The number of ether oxygens (including phenoxy) is 1. The Labute approximate surface area is 174 Å². The fourth-order valence-electron chi connectivity index (χ4n) is 3.65. The predicted molar refractivity (Wildman–Crippen MR) is 114 cm³/mol. The van der Waals surface area contributed by atoms with E-state index in [2.05, 4.69) is 0 Å². The highest BCUT2D eigenvalue weighted by Gasteiger charge is 2.40. The first-order valence-corrected chi connectivity index (χ1v) is 9.64. The minimum absolute atomic E-state index is 0.224. The van der Waals surface area contributed by atoms with Gasteiger partial charge in [-0.05, 0) is 41.0 Å². The third kappa shape index (κ3) is 3.71. The second kappa shape index (κ2) is 8.02. The molecule has 1 heterocycles. The number of nitrogens with zero attached hydrogens (tertiary/aromatic N) is 1. The Morgan fingerprint density at radius 3 is 2.24 bits per heavy atom. The molecule has 29 heavy (non-hydrogen) atoms. The molecule has 0 aromatic heterocycles. The van der Waals surface area contributed by atoms with Crippen LogP contribution in [0.15, 0.2) is 84.6 Å². The van der Waals surface area contributed by atoms with Crippen molar-refractivity contribution in [3.8, 4) is 5.75 Å². The van der Waals surface area contributed by atoms with Crippen molar-refractivity contribution in [2.24, 2.45) is 0 Å². The average molecular weight is 406 g/mol. The molecular weight excluding hydrogens is 386 g/mol.